The first-order valence-electron chi connectivity index (χ1n) is 8.88. The fourth-order valence-corrected chi connectivity index (χ4v) is 2.87. The fraction of sp³-hybridized carbons (Fsp3) is 0.632. The molecule has 2 N–H and O–H groups in total. The van der Waals surface area contributed by atoms with Crippen LogP contribution in [0.25, 0.3) is 0 Å². The second-order valence-electron chi connectivity index (χ2n) is 7.08. The van der Waals surface area contributed by atoms with Gasteiger partial charge in [0.25, 0.3) is 0 Å². The number of ether oxygens (including phenoxy) is 1. The number of aliphatic hydroxyl groups excluding tert-OH is 1. The number of nitrogens with zero attached hydrogens (tertiary/aromatic N) is 1. The molecule has 1 fully saturated rings. The lowest BCUT2D eigenvalue weighted by molar-refractivity contribution is 0.128. The Morgan fingerprint density at radius 2 is 2.04 bits per heavy atom. The molecule has 0 spiro atoms. The molecule has 0 radical (unpaired) electrons. The minimum Gasteiger partial charge on any atom is -0.493 e. The number of benzene rings is 1. The smallest absolute Gasteiger partial charge is 0.317 e. The third-order valence-electron chi connectivity index (χ3n) is 4.37. The molecule has 134 valence electrons. The second-order valence-corrected chi connectivity index (χ2v) is 7.08. The van der Waals surface area contributed by atoms with E-state index < -0.39 is 0 Å². The van der Waals surface area contributed by atoms with Crippen LogP contribution in [0.15, 0.2) is 24.3 Å². The van der Waals surface area contributed by atoms with Crippen molar-refractivity contribution < 1.29 is 14.6 Å². The predicted molar refractivity (Wildman–Crippen MR) is 95.1 cm³/mol. The monoisotopic (exact) mass is 334 g/mol. The number of carbonyl (C=O) groups is 1. The van der Waals surface area contributed by atoms with Gasteiger partial charge in [0.15, 0.2) is 0 Å². The number of likely N-dealkylation sites (tertiary alicyclic amines) is 1. The van der Waals surface area contributed by atoms with Crippen LogP contribution >= 0.6 is 0 Å². The summed E-state index contributed by atoms with van der Waals surface area (Å²) in [7, 11) is 0. The van der Waals surface area contributed by atoms with Crippen molar-refractivity contribution >= 4 is 6.03 Å². The summed E-state index contributed by atoms with van der Waals surface area (Å²) in [6.07, 6.45) is 1.95. The first kappa shape index (κ1) is 18.6. The molecule has 1 aliphatic rings. The molecule has 0 aliphatic carbocycles. The fourth-order valence-electron chi connectivity index (χ4n) is 2.87. The van der Waals surface area contributed by atoms with Crippen LogP contribution in [-0.2, 0) is 0 Å². The number of piperidine rings is 1. The van der Waals surface area contributed by atoms with Gasteiger partial charge in [-0.1, -0.05) is 26.0 Å². The van der Waals surface area contributed by atoms with Gasteiger partial charge in [-0.05, 0) is 49.3 Å². The molecule has 0 saturated carbocycles. The quantitative estimate of drug-likeness (QED) is 0.840. The maximum absolute atomic E-state index is 12.4. The lowest BCUT2D eigenvalue weighted by Crippen LogP contribution is -2.46. The van der Waals surface area contributed by atoms with Gasteiger partial charge in [-0.3, -0.25) is 0 Å². The third-order valence-corrected chi connectivity index (χ3v) is 4.37. The Kier molecular flexibility index (Phi) is 6.91. The molecule has 5 nitrogen and oxygen atoms in total. The van der Waals surface area contributed by atoms with Crippen LogP contribution in [0.5, 0.6) is 5.75 Å². The van der Waals surface area contributed by atoms with E-state index in [0.717, 1.165) is 30.7 Å². The summed E-state index contributed by atoms with van der Waals surface area (Å²) >= 11 is 0. The molecule has 24 heavy (non-hydrogen) atoms. The van der Waals surface area contributed by atoms with Gasteiger partial charge in [0.1, 0.15) is 5.75 Å². The van der Waals surface area contributed by atoms with Crippen molar-refractivity contribution in [2.45, 2.75) is 39.7 Å². The minimum absolute atomic E-state index is 0.0548. The molecule has 5 heteroatoms. The molecule has 1 heterocycles. The van der Waals surface area contributed by atoms with Crippen molar-refractivity contribution in [2.24, 2.45) is 11.8 Å². The molecule has 0 bridgehead atoms. The summed E-state index contributed by atoms with van der Waals surface area (Å²) in [6.45, 7) is 8.47. The van der Waals surface area contributed by atoms with Crippen LogP contribution in [0.3, 0.4) is 0 Å². The van der Waals surface area contributed by atoms with Crippen molar-refractivity contribution in [1.82, 2.24) is 10.2 Å². The van der Waals surface area contributed by atoms with E-state index in [9.17, 15) is 9.90 Å². The molecule has 2 amide bonds. The highest BCUT2D eigenvalue weighted by Gasteiger charge is 2.24. The summed E-state index contributed by atoms with van der Waals surface area (Å²) in [5, 5.41) is 12.3. The van der Waals surface area contributed by atoms with E-state index >= 15 is 0 Å². The van der Waals surface area contributed by atoms with Gasteiger partial charge in [-0.25, -0.2) is 4.79 Å². The molecule has 2 unspecified atom stereocenters. The number of hydrogen-bond donors (Lipinski definition) is 2. The molecule has 0 aromatic heterocycles. The van der Waals surface area contributed by atoms with E-state index in [-0.39, 0.29) is 24.6 Å². The number of rotatable bonds is 6. The molecule has 2 atom stereocenters. The Bertz CT molecular complexity index is 516. The highest BCUT2D eigenvalue weighted by Crippen LogP contribution is 2.20. The molecule has 2 rings (SSSR count). The average Bonchev–Trinajstić information content (AvgIpc) is 2.60. The third kappa shape index (κ3) is 5.41. The number of hydrogen-bond acceptors (Lipinski definition) is 3. The highest BCUT2D eigenvalue weighted by atomic mass is 16.5. The van der Waals surface area contributed by atoms with Gasteiger partial charge in [0.2, 0.25) is 0 Å². The van der Waals surface area contributed by atoms with Gasteiger partial charge in [0, 0.05) is 19.7 Å². The normalized spacial score (nSPS) is 19.2. The van der Waals surface area contributed by atoms with Crippen LogP contribution in [-0.4, -0.2) is 42.3 Å². The van der Waals surface area contributed by atoms with Crippen LogP contribution in [0.2, 0.25) is 0 Å². The van der Waals surface area contributed by atoms with Crippen LogP contribution in [0.1, 0.15) is 45.2 Å². The largest absolute Gasteiger partial charge is 0.493 e. The Morgan fingerprint density at radius 1 is 1.33 bits per heavy atom. The van der Waals surface area contributed by atoms with E-state index in [1.54, 1.807) is 4.90 Å². The van der Waals surface area contributed by atoms with E-state index in [0.29, 0.717) is 19.1 Å². The van der Waals surface area contributed by atoms with Crippen molar-refractivity contribution in [3.8, 4) is 5.75 Å². The van der Waals surface area contributed by atoms with Gasteiger partial charge in [0.05, 0.1) is 12.6 Å². The van der Waals surface area contributed by atoms with E-state index in [4.69, 9.17) is 4.74 Å². The molecule has 1 saturated heterocycles. The van der Waals surface area contributed by atoms with Crippen molar-refractivity contribution in [1.29, 1.82) is 0 Å². The summed E-state index contributed by atoms with van der Waals surface area (Å²) in [5.41, 5.74) is 1.05. The average molecular weight is 334 g/mol. The van der Waals surface area contributed by atoms with Gasteiger partial charge < -0.3 is 20.1 Å². The number of carbonyl (C=O) groups excluding carboxylic acids is 1. The zero-order valence-electron chi connectivity index (χ0n) is 15.0. The first-order valence-corrected chi connectivity index (χ1v) is 8.88. The van der Waals surface area contributed by atoms with Gasteiger partial charge >= 0.3 is 6.03 Å². The van der Waals surface area contributed by atoms with Crippen LogP contribution < -0.4 is 10.1 Å². The van der Waals surface area contributed by atoms with Gasteiger partial charge in [-0.15, -0.1) is 0 Å². The van der Waals surface area contributed by atoms with Crippen molar-refractivity contribution in [3.05, 3.63) is 29.8 Å². The standard InChI is InChI=1S/C19H30N2O3/c1-14(2)13-24-18-8-6-17(7-9-18)15(3)20-19(23)21-10-4-5-16(11-21)12-22/h6-9,14-16,22H,4-5,10-13H2,1-3H3,(H,20,23). The second kappa shape index (κ2) is 8.92. The zero-order valence-corrected chi connectivity index (χ0v) is 15.0. The number of aliphatic hydroxyl groups is 1. The minimum atomic E-state index is -0.0637. The van der Waals surface area contributed by atoms with E-state index in [2.05, 4.69) is 19.2 Å². The van der Waals surface area contributed by atoms with Crippen LogP contribution in [0.4, 0.5) is 4.79 Å². The Hall–Kier alpha value is -1.75. The van der Waals surface area contributed by atoms with E-state index in [1.807, 2.05) is 31.2 Å². The molecule has 1 aliphatic heterocycles. The topological polar surface area (TPSA) is 61.8 Å². The summed E-state index contributed by atoms with van der Waals surface area (Å²) in [6, 6.07) is 7.76. The summed E-state index contributed by atoms with van der Waals surface area (Å²) in [5.74, 6) is 1.56. The SMILES string of the molecule is CC(C)COc1ccc(C(C)NC(=O)N2CCCC(CO)C2)cc1. The van der Waals surface area contributed by atoms with E-state index in [1.165, 1.54) is 0 Å². The maximum atomic E-state index is 12.4. The number of urea groups is 1. The Morgan fingerprint density at radius 3 is 2.67 bits per heavy atom. The summed E-state index contributed by atoms with van der Waals surface area (Å²) in [4.78, 5) is 14.2. The lowest BCUT2D eigenvalue weighted by atomic mass is 9.99. The molecule has 1 aromatic carbocycles. The maximum Gasteiger partial charge on any atom is 0.317 e. The molecule has 1 aromatic rings. The van der Waals surface area contributed by atoms with Gasteiger partial charge in [-0.2, -0.15) is 0 Å². The number of nitrogens with one attached hydrogen (secondary N) is 1. The summed E-state index contributed by atoms with van der Waals surface area (Å²) < 4.78 is 5.68. The molecular formula is C19H30N2O3. The predicted octanol–water partition coefficient (Wildman–Crippen LogP) is 3.20. The first-order chi connectivity index (χ1) is 11.5. The zero-order chi connectivity index (χ0) is 17.5. The lowest BCUT2D eigenvalue weighted by Gasteiger charge is -2.32. The highest BCUT2D eigenvalue weighted by molar-refractivity contribution is 5.74. The Labute approximate surface area is 145 Å². The van der Waals surface area contributed by atoms with Crippen molar-refractivity contribution in [2.75, 3.05) is 26.3 Å². The number of amides is 2. The Balaban J connectivity index is 1.87. The van der Waals surface area contributed by atoms with Crippen molar-refractivity contribution in [3.63, 3.8) is 0 Å². The molecular weight excluding hydrogens is 304 g/mol. The van der Waals surface area contributed by atoms with Crippen LogP contribution in [0, 0.1) is 11.8 Å².